The number of carbonyl (C=O) groups excluding carboxylic acids is 1. The summed E-state index contributed by atoms with van der Waals surface area (Å²) >= 11 is 0. The van der Waals surface area contributed by atoms with E-state index in [2.05, 4.69) is 0 Å². The fourth-order valence-corrected chi connectivity index (χ4v) is 0.911. The van der Waals surface area contributed by atoms with Crippen molar-refractivity contribution in [3.05, 3.63) is 35.9 Å². The predicted octanol–water partition coefficient (Wildman–Crippen LogP) is 0.763. The van der Waals surface area contributed by atoms with E-state index in [-0.39, 0.29) is 6.61 Å². The minimum absolute atomic E-state index is 0.0540. The molecule has 1 unspecified atom stereocenters. The Morgan fingerprint density at radius 1 is 1.38 bits per heavy atom. The van der Waals surface area contributed by atoms with Crippen LogP contribution in [0.1, 0.15) is 5.56 Å². The van der Waals surface area contributed by atoms with Crippen molar-refractivity contribution in [3.8, 4) is 0 Å². The van der Waals surface area contributed by atoms with Crippen LogP contribution in [-0.4, -0.2) is 24.1 Å². The number of hydrogen-bond donors (Lipinski definition) is 1. The first-order valence-corrected chi connectivity index (χ1v) is 4.08. The maximum Gasteiger partial charge on any atom is 0.150 e. The number of rotatable bonds is 5. The summed E-state index contributed by atoms with van der Waals surface area (Å²) in [6.07, 6.45) is -0.547. The first-order chi connectivity index (χ1) is 6.33. The molecule has 1 aromatic carbocycles. The summed E-state index contributed by atoms with van der Waals surface area (Å²) in [7, 11) is 0. The molecule has 1 atom stereocenters. The van der Waals surface area contributed by atoms with Crippen molar-refractivity contribution in [3.63, 3.8) is 0 Å². The first-order valence-electron chi connectivity index (χ1n) is 4.08. The maximum absolute atomic E-state index is 10.0. The lowest BCUT2D eigenvalue weighted by atomic mass is 10.2. The van der Waals surface area contributed by atoms with Crippen molar-refractivity contribution in [1.29, 1.82) is 0 Å². The Balaban J connectivity index is 2.24. The maximum atomic E-state index is 10.0. The van der Waals surface area contributed by atoms with Gasteiger partial charge in [-0.05, 0) is 5.56 Å². The molecule has 3 heteroatoms. The van der Waals surface area contributed by atoms with E-state index in [4.69, 9.17) is 9.84 Å². The number of aliphatic hydroxyl groups excluding tert-OH is 1. The van der Waals surface area contributed by atoms with Crippen molar-refractivity contribution in [2.45, 2.75) is 12.7 Å². The normalized spacial score (nSPS) is 12.4. The molecule has 0 amide bonds. The largest absolute Gasteiger partial charge is 0.383 e. The molecule has 0 aliphatic rings. The molecule has 0 aromatic heterocycles. The Morgan fingerprint density at radius 3 is 2.69 bits per heavy atom. The van der Waals surface area contributed by atoms with Crippen LogP contribution in [-0.2, 0) is 16.1 Å². The summed E-state index contributed by atoms with van der Waals surface area (Å²) in [5.41, 5.74) is 1.03. The van der Waals surface area contributed by atoms with Gasteiger partial charge < -0.3 is 14.6 Å². The first kappa shape index (κ1) is 9.89. The second kappa shape index (κ2) is 5.45. The van der Waals surface area contributed by atoms with Crippen molar-refractivity contribution in [2.75, 3.05) is 6.61 Å². The fraction of sp³-hybridized carbons (Fsp3) is 0.300. The highest BCUT2D eigenvalue weighted by molar-refractivity contribution is 5.55. The molecule has 13 heavy (non-hydrogen) atoms. The van der Waals surface area contributed by atoms with Gasteiger partial charge in [0.25, 0.3) is 0 Å². The number of aliphatic hydroxyl groups is 1. The average Bonchev–Trinajstić information content (AvgIpc) is 2.19. The summed E-state index contributed by atoms with van der Waals surface area (Å²) in [4.78, 5) is 10.0. The van der Waals surface area contributed by atoms with Gasteiger partial charge >= 0.3 is 0 Å². The second-order valence-electron chi connectivity index (χ2n) is 2.70. The topological polar surface area (TPSA) is 46.5 Å². The summed E-state index contributed by atoms with van der Waals surface area (Å²) in [6, 6.07) is 9.59. The average molecular weight is 180 g/mol. The zero-order valence-electron chi connectivity index (χ0n) is 7.22. The van der Waals surface area contributed by atoms with Crippen LogP contribution in [0.3, 0.4) is 0 Å². The third-order valence-corrected chi connectivity index (χ3v) is 1.56. The van der Waals surface area contributed by atoms with E-state index >= 15 is 0 Å². The standard InChI is InChI=1S/C10H12O3/c11-6-10(12)8-13-7-9-4-2-1-3-5-9/h1-6,10,12H,7-8H2. The second-order valence-corrected chi connectivity index (χ2v) is 2.70. The van der Waals surface area contributed by atoms with Gasteiger partial charge in [-0.1, -0.05) is 30.3 Å². The van der Waals surface area contributed by atoms with Crippen LogP contribution < -0.4 is 0 Å². The third kappa shape index (κ3) is 3.83. The summed E-state index contributed by atoms with van der Waals surface area (Å²) < 4.78 is 5.09. The van der Waals surface area contributed by atoms with Crippen LogP contribution >= 0.6 is 0 Å². The molecule has 0 aliphatic heterocycles. The molecule has 0 saturated heterocycles. The van der Waals surface area contributed by atoms with Crippen molar-refractivity contribution in [2.24, 2.45) is 0 Å². The molecule has 0 spiro atoms. The van der Waals surface area contributed by atoms with Gasteiger partial charge in [0, 0.05) is 0 Å². The van der Waals surface area contributed by atoms with Gasteiger partial charge in [0.05, 0.1) is 13.2 Å². The monoisotopic (exact) mass is 180 g/mol. The van der Waals surface area contributed by atoms with Crippen molar-refractivity contribution >= 4 is 6.29 Å². The van der Waals surface area contributed by atoms with Crippen LogP contribution in [0.25, 0.3) is 0 Å². The minimum atomic E-state index is -1.01. The van der Waals surface area contributed by atoms with Gasteiger partial charge in [0.1, 0.15) is 6.10 Å². The Labute approximate surface area is 77.0 Å². The lowest BCUT2D eigenvalue weighted by Gasteiger charge is -2.04. The van der Waals surface area contributed by atoms with E-state index < -0.39 is 6.10 Å². The summed E-state index contributed by atoms with van der Waals surface area (Å²) in [5, 5.41) is 8.84. The Hall–Kier alpha value is -1.19. The smallest absolute Gasteiger partial charge is 0.150 e. The van der Waals surface area contributed by atoms with Gasteiger partial charge in [-0.25, -0.2) is 0 Å². The van der Waals surface area contributed by atoms with E-state index in [1.54, 1.807) is 0 Å². The van der Waals surface area contributed by atoms with E-state index in [0.29, 0.717) is 12.9 Å². The Kier molecular flexibility index (Phi) is 4.15. The quantitative estimate of drug-likeness (QED) is 0.680. The predicted molar refractivity (Wildman–Crippen MR) is 48.2 cm³/mol. The molecule has 1 aromatic rings. The molecule has 1 rings (SSSR count). The Morgan fingerprint density at radius 2 is 2.08 bits per heavy atom. The van der Waals surface area contributed by atoms with Gasteiger partial charge in [-0.15, -0.1) is 0 Å². The van der Waals surface area contributed by atoms with Gasteiger partial charge in [0.2, 0.25) is 0 Å². The van der Waals surface area contributed by atoms with Crippen LogP contribution in [0.15, 0.2) is 30.3 Å². The molecular formula is C10H12O3. The van der Waals surface area contributed by atoms with Crippen molar-refractivity contribution in [1.82, 2.24) is 0 Å². The number of carbonyl (C=O) groups is 1. The minimum Gasteiger partial charge on any atom is -0.383 e. The zero-order chi connectivity index (χ0) is 9.52. The van der Waals surface area contributed by atoms with Crippen LogP contribution in [0.4, 0.5) is 0 Å². The summed E-state index contributed by atoms with van der Waals surface area (Å²) in [6.45, 7) is 0.476. The molecule has 0 heterocycles. The molecule has 0 radical (unpaired) electrons. The Bertz CT molecular complexity index is 246. The highest BCUT2D eigenvalue weighted by atomic mass is 16.5. The van der Waals surface area contributed by atoms with Gasteiger partial charge in [0.15, 0.2) is 6.29 Å². The van der Waals surface area contributed by atoms with E-state index in [0.717, 1.165) is 5.56 Å². The van der Waals surface area contributed by atoms with E-state index in [1.807, 2.05) is 30.3 Å². The molecule has 70 valence electrons. The number of benzene rings is 1. The highest BCUT2D eigenvalue weighted by Gasteiger charge is 2.00. The van der Waals surface area contributed by atoms with Crippen LogP contribution in [0, 0.1) is 0 Å². The fourth-order valence-electron chi connectivity index (χ4n) is 0.911. The molecule has 0 bridgehead atoms. The lowest BCUT2D eigenvalue weighted by molar-refractivity contribution is -0.118. The van der Waals surface area contributed by atoms with Crippen LogP contribution in [0.5, 0.6) is 0 Å². The SMILES string of the molecule is O=CC(O)COCc1ccccc1. The van der Waals surface area contributed by atoms with Crippen molar-refractivity contribution < 1.29 is 14.6 Å². The zero-order valence-corrected chi connectivity index (χ0v) is 7.22. The lowest BCUT2D eigenvalue weighted by Crippen LogP contribution is -2.16. The molecular weight excluding hydrogens is 168 g/mol. The van der Waals surface area contributed by atoms with Gasteiger partial charge in [-0.2, -0.15) is 0 Å². The highest BCUT2D eigenvalue weighted by Crippen LogP contribution is 2.00. The van der Waals surface area contributed by atoms with Gasteiger partial charge in [-0.3, -0.25) is 0 Å². The molecule has 0 aliphatic carbocycles. The third-order valence-electron chi connectivity index (χ3n) is 1.56. The number of hydrogen-bond acceptors (Lipinski definition) is 3. The molecule has 0 fully saturated rings. The van der Waals surface area contributed by atoms with E-state index in [9.17, 15) is 4.79 Å². The van der Waals surface area contributed by atoms with Crippen LogP contribution in [0.2, 0.25) is 0 Å². The van der Waals surface area contributed by atoms with E-state index in [1.165, 1.54) is 0 Å². The number of ether oxygens (including phenoxy) is 1. The molecule has 1 N–H and O–H groups in total. The number of aldehydes is 1. The summed E-state index contributed by atoms with van der Waals surface area (Å²) in [5.74, 6) is 0. The molecule has 0 saturated carbocycles. The molecule has 3 nitrogen and oxygen atoms in total.